The topological polar surface area (TPSA) is 17.1 Å². The van der Waals surface area contributed by atoms with Gasteiger partial charge in [-0.05, 0) is 23.8 Å². The van der Waals surface area contributed by atoms with E-state index in [0.29, 0.717) is 5.92 Å². The molecule has 0 saturated carbocycles. The molecule has 3 heteroatoms. The third-order valence-electron chi connectivity index (χ3n) is 1.55. The SMILES string of the molecule is O=CC(Cl)C1CCSC1. The number of rotatable bonds is 2. The van der Waals surface area contributed by atoms with E-state index in [2.05, 4.69) is 0 Å². The van der Waals surface area contributed by atoms with E-state index >= 15 is 0 Å². The molecule has 0 aromatic heterocycles. The fourth-order valence-electron chi connectivity index (χ4n) is 0.915. The number of alkyl halides is 1. The summed E-state index contributed by atoms with van der Waals surface area (Å²) >= 11 is 7.57. The second kappa shape index (κ2) is 3.47. The van der Waals surface area contributed by atoms with Gasteiger partial charge in [0.05, 0.1) is 5.38 Å². The van der Waals surface area contributed by atoms with Crippen molar-refractivity contribution >= 4 is 29.6 Å². The van der Waals surface area contributed by atoms with Crippen molar-refractivity contribution in [2.75, 3.05) is 11.5 Å². The van der Waals surface area contributed by atoms with Crippen molar-refractivity contribution < 1.29 is 4.79 Å². The zero-order chi connectivity index (χ0) is 6.69. The molecule has 1 saturated heterocycles. The van der Waals surface area contributed by atoms with Gasteiger partial charge in [-0.25, -0.2) is 0 Å². The first kappa shape index (κ1) is 7.42. The lowest BCUT2D eigenvalue weighted by molar-refractivity contribution is -0.108. The van der Waals surface area contributed by atoms with Crippen LogP contribution in [-0.4, -0.2) is 23.2 Å². The zero-order valence-corrected chi connectivity index (χ0v) is 6.62. The van der Waals surface area contributed by atoms with Crippen molar-refractivity contribution in [2.45, 2.75) is 11.8 Å². The normalized spacial score (nSPS) is 30.1. The number of hydrogen-bond donors (Lipinski definition) is 0. The maximum atomic E-state index is 10.2. The monoisotopic (exact) mass is 164 g/mol. The summed E-state index contributed by atoms with van der Waals surface area (Å²) in [5.41, 5.74) is 0. The van der Waals surface area contributed by atoms with Crippen LogP contribution in [0.15, 0.2) is 0 Å². The Morgan fingerprint density at radius 1 is 1.78 bits per heavy atom. The van der Waals surface area contributed by atoms with E-state index in [1.165, 1.54) is 5.75 Å². The fourth-order valence-corrected chi connectivity index (χ4v) is 2.55. The van der Waals surface area contributed by atoms with Crippen molar-refractivity contribution in [3.05, 3.63) is 0 Å². The molecule has 1 nitrogen and oxygen atoms in total. The Morgan fingerprint density at radius 2 is 2.56 bits per heavy atom. The summed E-state index contributed by atoms with van der Waals surface area (Å²) in [6, 6.07) is 0. The van der Waals surface area contributed by atoms with Crippen LogP contribution < -0.4 is 0 Å². The molecule has 2 atom stereocenters. The fraction of sp³-hybridized carbons (Fsp3) is 0.833. The van der Waals surface area contributed by atoms with Crippen molar-refractivity contribution in [2.24, 2.45) is 5.92 Å². The van der Waals surface area contributed by atoms with Crippen LogP contribution in [0, 0.1) is 5.92 Å². The van der Waals surface area contributed by atoms with Crippen LogP contribution in [0.1, 0.15) is 6.42 Å². The summed E-state index contributed by atoms with van der Waals surface area (Å²) in [5, 5.41) is -0.236. The van der Waals surface area contributed by atoms with Gasteiger partial charge >= 0.3 is 0 Å². The smallest absolute Gasteiger partial charge is 0.138 e. The summed E-state index contributed by atoms with van der Waals surface area (Å²) in [6.45, 7) is 0. The Bertz CT molecular complexity index is 101. The van der Waals surface area contributed by atoms with E-state index in [1.54, 1.807) is 0 Å². The molecule has 0 bridgehead atoms. The number of thioether (sulfide) groups is 1. The number of carbonyl (C=O) groups excluding carboxylic acids is 1. The Hall–Kier alpha value is 0.310. The lowest BCUT2D eigenvalue weighted by atomic mass is 10.1. The Labute approximate surface area is 64.1 Å². The highest BCUT2D eigenvalue weighted by Gasteiger charge is 2.22. The van der Waals surface area contributed by atoms with Gasteiger partial charge in [0.2, 0.25) is 0 Å². The first-order chi connectivity index (χ1) is 4.34. The standard InChI is InChI=1S/C6H9ClOS/c7-6(3-8)5-1-2-9-4-5/h3,5-6H,1-2,4H2. The van der Waals surface area contributed by atoms with Gasteiger partial charge in [0.1, 0.15) is 6.29 Å². The van der Waals surface area contributed by atoms with Crippen LogP contribution in [-0.2, 0) is 4.79 Å². The third-order valence-corrected chi connectivity index (χ3v) is 3.19. The van der Waals surface area contributed by atoms with Gasteiger partial charge in [-0.2, -0.15) is 11.8 Å². The highest BCUT2D eigenvalue weighted by Crippen LogP contribution is 2.27. The lowest BCUT2D eigenvalue weighted by Crippen LogP contribution is -2.14. The molecule has 1 rings (SSSR count). The summed E-state index contributed by atoms with van der Waals surface area (Å²) in [4.78, 5) is 10.2. The molecular weight excluding hydrogens is 156 g/mol. The number of aldehydes is 1. The number of carbonyl (C=O) groups is 1. The molecular formula is C6H9ClOS. The molecule has 1 aliphatic heterocycles. The van der Waals surface area contributed by atoms with Crippen LogP contribution in [0.2, 0.25) is 0 Å². The summed E-state index contributed by atoms with van der Waals surface area (Å²) in [7, 11) is 0. The van der Waals surface area contributed by atoms with Gasteiger partial charge in [0.25, 0.3) is 0 Å². The quantitative estimate of drug-likeness (QED) is 0.455. The van der Waals surface area contributed by atoms with E-state index in [4.69, 9.17) is 11.6 Å². The average molecular weight is 165 g/mol. The lowest BCUT2D eigenvalue weighted by Gasteiger charge is -2.07. The van der Waals surface area contributed by atoms with E-state index in [0.717, 1.165) is 18.5 Å². The second-order valence-electron chi connectivity index (χ2n) is 2.20. The van der Waals surface area contributed by atoms with E-state index in [1.807, 2.05) is 11.8 Å². The van der Waals surface area contributed by atoms with E-state index in [-0.39, 0.29) is 5.38 Å². The summed E-state index contributed by atoms with van der Waals surface area (Å²) < 4.78 is 0. The molecule has 0 spiro atoms. The minimum Gasteiger partial charge on any atom is -0.302 e. The minimum absolute atomic E-state index is 0.236. The maximum absolute atomic E-state index is 10.2. The predicted molar refractivity (Wildman–Crippen MR) is 41.1 cm³/mol. The molecule has 0 aromatic rings. The summed E-state index contributed by atoms with van der Waals surface area (Å²) in [5.74, 6) is 2.67. The molecule has 1 heterocycles. The van der Waals surface area contributed by atoms with Crippen LogP contribution in [0.3, 0.4) is 0 Å². The molecule has 0 aromatic carbocycles. The van der Waals surface area contributed by atoms with Gasteiger partial charge in [0.15, 0.2) is 0 Å². The minimum atomic E-state index is -0.236. The largest absolute Gasteiger partial charge is 0.302 e. The second-order valence-corrected chi connectivity index (χ2v) is 3.86. The van der Waals surface area contributed by atoms with E-state index in [9.17, 15) is 4.79 Å². The van der Waals surface area contributed by atoms with Crippen LogP contribution in [0.25, 0.3) is 0 Å². The van der Waals surface area contributed by atoms with E-state index < -0.39 is 0 Å². The maximum Gasteiger partial charge on any atom is 0.138 e. The molecule has 1 aliphatic rings. The Kier molecular flexibility index (Phi) is 2.86. The molecule has 2 unspecified atom stereocenters. The third kappa shape index (κ3) is 1.87. The molecule has 9 heavy (non-hydrogen) atoms. The Morgan fingerprint density at radius 3 is 3.00 bits per heavy atom. The van der Waals surface area contributed by atoms with Gasteiger partial charge in [-0.3, -0.25) is 0 Å². The molecule has 1 fully saturated rings. The van der Waals surface area contributed by atoms with Crippen molar-refractivity contribution in [3.8, 4) is 0 Å². The van der Waals surface area contributed by atoms with Crippen molar-refractivity contribution in [1.29, 1.82) is 0 Å². The first-order valence-corrected chi connectivity index (χ1v) is 4.61. The molecule has 0 aliphatic carbocycles. The van der Waals surface area contributed by atoms with Gasteiger partial charge in [-0.15, -0.1) is 11.6 Å². The van der Waals surface area contributed by atoms with Crippen LogP contribution in [0.5, 0.6) is 0 Å². The highest BCUT2D eigenvalue weighted by molar-refractivity contribution is 7.99. The predicted octanol–water partition coefficient (Wildman–Crippen LogP) is 1.55. The first-order valence-electron chi connectivity index (χ1n) is 3.01. The van der Waals surface area contributed by atoms with Crippen molar-refractivity contribution in [3.63, 3.8) is 0 Å². The molecule has 0 radical (unpaired) electrons. The summed E-state index contributed by atoms with van der Waals surface area (Å²) in [6.07, 6.45) is 1.95. The number of halogens is 1. The average Bonchev–Trinajstić information content (AvgIpc) is 2.37. The molecule has 52 valence electrons. The Balaban J connectivity index is 2.32. The molecule has 0 amide bonds. The molecule has 0 N–H and O–H groups in total. The van der Waals surface area contributed by atoms with Crippen molar-refractivity contribution in [1.82, 2.24) is 0 Å². The van der Waals surface area contributed by atoms with Crippen LogP contribution >= 0.6 is 23.4 Å². The van der Waals surface area contributed by atoms with Gasteiger partial charge in [-0.1, -0.05) is 0 Å². The highest BCUT2D eigenvalue weighted by atomic mass is 35.5. The van der Waals surface area contributed by atoms with Crippen LogP contribution in [0.4, 0.5) is 0 Å². The van der Waals surface area contributed by atoms with Gasteiger partial charge in [0, 0.05) is 0 Å². The van der Waals surface area contributed by atoms with Gasteiger partial charge < -0.3 is 4.79 Å². The number of hydrogen-bond acceptors (Lipinski definition) is 2. The zero-order valence-electron chi connectivity index (χ0n) is 5.05.